The summed E-state index contributed by atoms with van der Waals surface area (Å²) in [5.41, 5.74) is 1.18. The lowest BCUT2D eigenvalue weighted by Crippen LogP contribution is -2.24. The number of aryl methyl sites for hydroxylation is 1. The van der Waals surface area contributed by atoms with Gasteiger partial charge in [0.05, 0.1) is 4.92 Å². The fourth-order valence-corrected chi connectivity index (χ4v) is 1.98. The summed E-state index contributed by atoms with van der Waals surface area (Å²) in [5, 5.41) is 13.3. The summed E-state index contributed by atoms with van der Waals surface area (Å²) in [5.74, 6) is -0.581. The van der Waals surface area contributed by atoms with Gasteiger partial charge in [-0.3, -0.25) is 19.9 Å². The number of nitrogens with one attached hydrogen (secondary N) is 1. The van der Waals surface area contributed by atoms with E-state index < -0.39 is 16.5 Å². The van der Waals surface area contributed by atoms with Crippen LogP contribution in [0.1, 0.15) is 21.5 Å². The summed E-state index contributed by atoms with van der Waals surface area (Å²) in [6, 6.07) is 3.03. The lowest BCUT2D eigenvalue weighted by atomic mass is 10.1. The second-order valence-electron chi connectivity index (χ2n) is 4.24. The van der Waals surface area contributed by atoms with Crippen molar-refractivity contribution >= 4 is 23.2 Å². The van der Waals surface area contributed by atoms with E-state index in [2.05, 4.69) is 15.3 Å². The maximum absolute atomic E-state index is 12.1. The van der Waals surface area contributed by atoms with E-state index in [1.165, 1.54) is 12.3 Å². The SMILES string of the molecule is Cc1cnccc1CNC(=O)c1ccnc(Cl)c1[N+](=O)[O-]. The third-order valence-electron chi connectivity index (χ3n) is 2.88. The summed E-state index contributed by atoms with van der Waals surface area (Å²) >= 11 is 5.67. The Hall–Kier alpha value is -2.54. The third kappa shape index (κ3) is 3.32. The van der Waals surface area contributed by atoms with Gasteiger partial charge < -0.3 is 5.32 Å². The highest BCUT2D eigenvalue weighted by Crippen LogP contribution is 2.25. The Morgan fingerprint density at radius 1 is 1.43 bits per heavy atom. The van der Waals surface area contributed by atoms with E-state index in [1.807, 2.05) is 6.92 Å². The molecule has 0 radical (unpaired) electrons. The number of hydrogen-bond donors (Lipinski definition) is 1. The molecular weight excluding hydrogens is 296 g/mol. The van der Waals surface area contributed by atoms with Gasteiger partial charge in [-0.1, -0.05) is 11.6 Å². The molecule has 0 unspecified atom stereocenters. The molecule has 1 N–H and O–H groups in total. The molecule has 1 amide bonds. The molecule has 2 aromatic heterocycles. The number of carbonyl (C=O) groups is 1. The van der Waals surface area contributed by atoms with Crippen molar-refractivity contribution < 1.29 is 9.72 Å². The number of hydrogen-bond acceptors (Lipinski definition) is 5. The van der Waals surface area contributed by atoms with Crippen LogP contribution in [0.5, 0.6) is 0 Å². The molecule has 21 heavy (non-hydrogen) atoms. The molecule has 0 atom stereocenters. The molecule has 2 aromatic rings. The minimum absolute atomic E-state index is 0.119. The lowest BCUT2D eigenvalue weighted by Gasteiger charge is -2.08. The normalized spacial score (nSPS) is 10.2. The predicted molar refractivity (Wildman–Crippen MR) is 76.0 cm³/mol. The largest absolute Gasteiger partial charge is 0.348 e. The highest BCUT2D eigenvalue weighted by molar-refractivity contribution is 6.32. The molecule has 2 heterocycles. The number of nitrogens with zero attached hydrogens (tertiary/aromatic N) is 3. The average Bonchev–Trinajstić information content (AvgIpc) is 2.45. The second kappa shape index (κ2) is 6.27. The van der Waals surface area contributed by atoms with E-state index in [1.54, 1.807) is 18.5 Å². The van der Waals surface area contributed by atoms with Crippen LogP contribution >= 0.6 is 11.6 Å². The van der Waals surface area contributed by atoms with Crippen LogP contribution in [0.25, 0.3) is 0 Å². The maximum Gasteiger partial charge on any atom is 0.319 e. The number of pyridine rings is 2. The van der Waals surface area contributed by atoms with Crippen LogP contribution in [0.4, 0.5) is 5.69 Å². The summed E-state index contributed by atoms with van der Waals surface area (Å²) in [6.45, 7) is 2.10. The smallest absolute Gasteiger partial charge is 0.319 e. The van der Waals surface area contributed by atoms with Crippen LogP contribution in [-0.2, 0) is 6.54 Å². The molecule has 108 valence electrons. The van der Waals surface area contributed by atoms with Crippen molar-refractivity contribution in [1.29, 1.82) is 0 Å². The van der Waals surface area contributed by atoms with Crippen LogP contribution in [0.15, 0.2) is 30.7 Å². The molecule has 0 saturated carbocycles. The fraction of sp³-hybridized carbons (Fsp3) is 0.154. The Bertz CT molecular complexity index is 706. The van der Waals surface area contributed by atoms with Crippen LogP contribution in [-0.4, -0.2) is 20.8 Å². The quantitative estimate of drug-likeness (QED) is 0.531. The molecule has 0 bridgehead atoms. The highest BCUT2D eigenvalue weighted by atomic mass is 35.5. The van der Waals surface area contributed by atoms with E-state index in [4.69, 9.17) is 11.6 Å². The van der Waals surface area contributed by atoms with Gasteiger partial charge in [0.2, 0.25) is 5.15 Å². The van der Waals surface area contributed by atoms with Crippen molar-refractivity contribution in [1.82, 2.24) is 15.3 Å². The first-order valence-corrected chi connectivity index (χ1v) is 6.35. The molecule has 7 nitrogen and oxygen atoms in total. The summed E-state index contributed by atoms with van der Waals surface area (Å²) in [7, 11) is 0. The first kappa shape index (κ1) is 14.9. The van der Waals surface area contributed by atoms with E-state index in [-0.39, 0.29) is 17.3 Å². The first-order valence-electron chi connectivity index (χ1n) is 5.97. The molecule has 0 aromatic carbocycles. The summed E-state index contributed by atoms with van der Waals surface area (Å²) in [6.07, 6.45) is 4.54. The van der Waals surface area contributed by atoms with Crippen LogP contribution in [0.2, 0.25) is 5.15 Å². The first-order chi connectivity index (χ1) is 10.0. The molecule has 0 saturated heterocycles. The maximum atomic E-state index is 12.1. The zero-order valence-electron chi connectivity index (χ0n) is 11.0. The van der Waals surface area contributed by atoms with Gasteiger partial charge in [-0.05, 0) is 30.2 Å². The standard InChI is InChI=1S/C13H11ClN4O3/c1-8-6-15-4-2-9(8)7-17-13(19)10-3-5-16-12(14)11(10)18(20)21/h2-6H,7H2,1H3,(H,17,19). The number of rotatable bonds is 4. The van der Waals surface area contributed by atoms with Crippen molar-refractivity contribution in [3.05, 3.63) is 62.7 Å². The second-order valence-corrected chi connectivity index (χ2v) is 4.60. The molecule has 0 aliphatic rings. The summed E-state index contributed by atoms with van der Waals surface area (Å²) < 4.78 is 0. The number of carbonyl (C=O) groups excluding carboxylic acids is 1. The van der Waals surface area contributed by atoms with E-state index in [0.29, 0.717) is 0 Å². The average molecular weight is 307 g/mol. The minimum Gasteiger partial charge on any atom is -0.348 e. The van der Waals surface area contributed by atoms with Crippen LogP contribution in [0, 0.1) is 17.0 Å². The highest BCUT2D eigenvalue weighted by Gasteiger charge is 2.24. The van der Waals surface area contributed by atoms with E-state index in [9.17, 15) is 14.9 Å². The Labute approximate surface area is 125 Å². The molecule has 0 fully saturated rings. The van der Waals surface area contributed by atoms with Gasteiger partial charge in [-0.15, -0.1) is 0 Å². The van der Waals surface area contributed by atoms with Gasteiger partial charge in [0.1, 0.15) is 5.56 Å². The fourth-order valence-electron chi connectivity index (χ4n) is 1.76. The van der Waals surface area contributed by atoms with Crippen molar-refractivity contribution in [3.8, 4) is 0 Å². The van der Waals surface area contributed by atoms with E-state index >= 15 is 0 Å². The zero-order valence-corrected chi connectivity index (χ0v) is 11.8. The number of halogens is 1. The zero-order chi connectivity index (χ0) is 15.4. The number of aromatic nitrogens is 2. The molecular formula is C13H11ClN4O3. The van der Waals surface area contributed by atoms with Gasteiger partial charge in [-0.25, -0.2) is 4.98 Å². The third-order valence-corrected chi connectivity index (χ3v) is 3.16. The Balaban J connectivity index is 2.20. The topological polar surface area (TPSA) is 98.0 Å². The van der Waals surface area contributed by atoms with Crippen molar-refractivity contribution in [2.45, 2.75) is 13.5 Å². The molecule has 8 heteroatoms. The Kier molecular flexibility index (Phi) is 4.44. The van der Waals surface area contributed by atoms with Crippen LogP contribution < -0.4 is 5.32 Å². The molecule has 0 aliphatic carbocycles. The van der Waals surface area contributed by atoms with Gasteiger partial charge in [0.15, 0.2) is 0 Å². The predicted octanol–water partition coefficient (Wildman–Crippen LogP) is 2.28. The molecule has 2 rings (SSSR count). The molecule has 0 spiro atoms. The Morgan fingerprint density at radius 3 is 2.86 bits per heavy atom. The van der Waals surface area contributed by atoms with Crippen molar-refractivity contribution in [2.75, 3.05) is 0 Å². The summed E-state index contributed by atoms with van der Waals surface area (Å²) in [4.78, 5) is 29.9. The lowest BCUT2D eigenvalue weighted by molar-refractivity contribution is -0.385. The van der Waals surface area contributed by atoms with Crippen LogP contribution in [0.3, 0.4) is 0 Å². The van der Waals surface area contributed by atoms with Gasteiger partial charge in [-0.2, -0.15) is 0 Å². The van der Waals surface area contributed by atoms with Gasteiger partial charge in [0.25, 0.3) is 5.91 Å². The van der Waals surface area contributed by atoms with Crippen molar-refractivity contribution in [2.24, 2.45) is 0 Å². The van der Waals surface area contributed by atoms with Crippen molar-refractivity contribution in [3.63, 3.8) is 0 Å². The number of nitro groups is 1. The Morgan fingerprint density at radius 2 is 2.19 bits per heavy atom. The monoisotopic (exact) mass is 306 g/mol. The molecule has 0 aliphatic heterocycles. The van der Waals surface area contributed by atoms with Gasteiger partial charge >= 0.3 is 5.69 Å². The van der Waals surface area contributed by atoms with E-state index in [0.717, 1.165) is 11.1 Å². The van der Waals surface area contributed by atoms with Gasteiger partial charge in [0, 0.05) is 25.1 Å². The number of amides is 1. The minimum atomic E-state index is -0.720.